The predicted molar refractivity (Wildman–Crippen MR) is 92.0 cm³/mol. The van der Waals surface area contributed by atoms with Gasteiger partial charge in [-0.2, -0.15) is 0 Å². The Hall–Kier alpha value is -1.76. The molecule has 26 heavy (non-hydrogen) atoms. The Labute approximate surface area is 152 Å². The van der Waals surface area contributed by atoms with Crippen LogP contribution in [0.4, 0.5) is 8.78 Å². The topological polar surface area (TPSA) is 62.7 Å². The molecule has 1 aromatic rings. The zero-order chi connectivity index (χ0) is 18.7. The minimum Gasteiger partial charge on any atom is -0.474 e. The van der Waals surface area contributed by atoms with Crippen molar-refractivity contribution >= 4 is 5.91 Å². The summed E-state index contributed by atoms with van der Waals surface area (Å²) >= 11 is 0. The Morgan fingerprint density at radius 2 is 2.08 bits per heavy atom. The van der Waals surface area contributed by atoms with Crippen molar-refractivity contribution < 1.29 is 23.4 Å². The average molecular weight is 368 g/mol. The number of aromatic nitrogens is 1. The lowest BCUT2D eigenvalue weighted by Gasteiger charge is -2.54. The lowest BCUT2D eigenvalue weighted by molar-refractivity contribution is -0.152. The molecule has 2 aliphatic rings. The van der Waals surface area contributed by atoms with Gasteiger partial charge in [-0.15, -0.1) is 0 Å². The third-order valence-electron chi connectivity index (χ3n) is 5.72. The van der Waals surface area contributed by atoms with Crippen LogP contribution in [0.5, 0.6) is 5.88 Å². The molecule has 1 saturated heterocycles. The van der Waals surface area contributed by atoms with Gasteiger partial charge >= 0.3 is 0 Å². The van der Waals surface area contributed by atoms with Crippen LogP contribution in [0.2, 0.25) is 0 Å². The van der Waals surface area contributed by atoms with E-state index in [1.165, 1.54) is 12.1 Å². The summed E-state index contributed by atoms with van der Waals surface area (Å²) in [6.45, 7) is 3.34. The molecule has 1 aromatic heterocycles. The first-order chi connectivity index (χ1) is 12.5. The second kappa shape index (κ2) is 7.86. The molecule has 1 spiro atoms. The van der Waals surface area contributed by atoms with E-state index in [1.807, 2.05) is 11.8 Å². The minimum absolute atomic E-state index is 0.0381. The van der Waals surface area contributed by atoms with Gasteiger partial charge in [0.1, 0.15) is 6.10 Å². The molecular weight excluding hydrogens is 342 g/mol. The highest BCUT2D eigenvalue weighted by Gasteiger charge is 2.48. The van der Waals surface area contributed by atoms with Crippen LogP contribution in [0.25, 0.3) is 0 Å². The molecule has 144 valence electrons. The molecule has 2 heterocycles. The largest absolute Gasteiger partial charge is 0.474 e. The van der Waals surface area contributed by atoms with Gasteiger partial charge in [0.2, 0.25) is 11.8 Å². The van der Waals surface area contributed by atoms with Crippen molar-refractivity contribution in [2.45, 2.75) is 51.6 Å². The number of hydrogen-bond donors (Lipinski definition) is 1. The molecule has 1 aliphatic heterocycles. The molecule has 1 saturated carbocycles. The van der Waals surface area contributed by atoms with Crippen molar-refractivity contribution in [1.29, 1.82) is 0 Å². The smallest absolute Gasteiger partial charge is 0.265 e. The van der Waals surface area contributed by atoms with Crippen molar-refractivity contribution in [3.05, 3.63) is 23.9 Å². The number of rotatable bonds is 6. The predicted octanol–water partition coefficient (Wildman–Crippen LogP) is 3.19. The molecule has 7 heteroatoms. The Balaban J connectivity index is 1.46. The van der Waals surface area contributed by atoms with Crippen LogP contribution < -0.4 is 4.74 Å². The second-order valence-electron chi connectivity index (χ2n) is 7.53. The van der Waals surface area contributed by atoms with E-state index in [1.54, 1.807) is 0 Å². The molecule has 0 radical (unpaired) electrons. The van der Waals surface area contributed by atoms with Crippen LogP contribution in [-0.2, 0) is 4.79 Å². The highest BCUT2D eigenvalue weighted by Crippen LogP contribution is 2.45. The van der Waals surface area contributed by atoms with Crippen LogP contribution in [0.1, 0.15) is 51.0 Å². The van der Waals surface area contributed by atoms with Crippen molar-refractivity contribution in [3.63, 3.8) is 0 Å². The zero-order valence-corrected chi connectivity index (χ0v) is 15.0. The van der Waals surface area contributed by atoms with Crippen molar-refractivity contribution in [3.8, 4) is 5.88 Å². The number of carbonyl (C=O) groups is 1. The molecular formula is C19H26F2N2O3. The van der Waals surface area contributed by atoms with Crippen LogP contribution in [0, 0.1) is 11.3 Å². The van der Waals surface area contributed by atoms with Crippen molar-refractivity contribution in [2.24, 2.45) is 11.3 Å². The first-order valence-corrected chi connectivity index (χ1v) is 9.27. The van der Waals surface area contributed by atoms with Crippen molar-refractivity contribution in [1.82, 2.24) is 9.88 Å². The number of aliphatic hydroxyl groups excluding tert-OH is 1. The second-order valence-corrected chi connectivity index (χ2v) is 7.53. The van der Waals surface area contributed by atoms with Gasteiger partial charge in [-0.3, -0.25) is 4.79 Å². The normalized spacial score (nSPS) is 20.9. The summed E-state index contributed by atoms with van der Waals surface area (Å²) in [5.41, 5.74) is 0.0726. The molecule has 3 rings (SSSR count). The van der Waals surface area contributed by atoms with Gasteiger partial charge in [0.25, 0.3) is 6.43 Å². The monoisotopic (exact) mass is 368 g/mol. The van der Waals surface area contributed by atoms with Crippen LogP contribution >= 0.6 is 0 Å². The number of likely N-dealkylation sites (tertiary alicyclic amines) is 1. The number of aliphatic hydroxyl groups is 1. The number of nitrogens with zero attached hydrogens (tertiary/aromatic N) is 2. The van der Waals surface area contributed by atoms with Crippen molar-refractivity contribution in [2.75, 3.05) is 19.7 Å². The lowest BCUT2D eigenvalue weighted by atomic mass is 9.67. The summed E-state index contributed by atoms with van der Waals surface area (Å²) in [6.07, 6.45) is 3.04. The summed E-state index contributed by atoms with van der Waals surface area (Å²) in [4.78, 5) is 18.1. The molecule has 0 unspecified atom stereocenters. The maximum atomic E-state index is 12.5. The number of pyridine rings is 1. The minimum atomic E-state index is -2.52. The summed E-state index contributed by atoms with van der Waals surface area (Å²) in [7, 11) is 0. The number of amides is 1. The third kappa shape index (κ3) is 3.98. The van der Waals surface area contributed by atoms with E-state index in [2.05, 4.69) is 4.98 Å². The van der Waals surface area contributed by atoms with E-state index in [-0.39, 0.29) is 35.5 Å². The van der Waals surface area contributed by atoms with Crippen LogP contribution in [0.3, 0.4) is 0 Å². The summed E-state index contributed by atoms with van der Waals surface area (Å²) in [5.74, 6) is 0.158. The average Bonchev–Trinajstić information content (AvgIpc) is 2.62. The molecule has 2 fully saturated rings. The Kier molecular flexibility index (Phi) is 5.75. The van der Waals surface area contributed by atoms with Crippen LogP contribution in [0.15, 0.2) is 18.3 Å². The van der Waals surface area contributed by atoms with Gasteiger partial charge < -0.3 is 14.7 Å². The molecule has 1 aliphatic carbocycles. The van der Waals surface area contributed by atoms with E-state index in [4.69, 9.17) is 4.74 Å². The molecule has 0 aromatic carbocycles. The number of halogens is 2. The van der Waals surface area contributed by atoms with E-state index in [9.17, 15) is 18.7 Å². The van der Waals surface area contributed by atoms with Gasteiger partial charge in [-0.1, -0.05) is 6.92 Å². The summed E-state index contributed by atoms with van der Waals surface area (Å²) in [6, 6.07) is 2.84. The van der Waals surface area contributed by atoms with Gasteiger partial charge in [0.05, 0.1) is 12.5 Å². The van der Waals surface area contributed by atoms with E-state index >= 15 is 0 Å². The van der Waals surface area contributed by atoms with Gasteiger partial charge in [0.15, 0.2) is 0 Å². The first kappa shape index (κ1) is 19.0. The van der Waals surface area contributed by atoms with Gasteiger partial charge in [-0.05, 0) is 38.2 Å². The fourth-order valence-corrected chi connectivity index (χ4v) is 3.96. The highest BCUT2D eigenvalue weighted by atomic mass is 19.3. The number of alkyl halides is 2. The van der Waals surface area contributed by atoms with Crippen LogP contribution in [-0.4, -0.2) is 46.7 Å². The van der Waals surface area contributed by atoms with E-state index in [0.717, 1.165) is 45.0 Å². The Bertz CT molecular complexity index is 604. The highest BCUT2D eigenvalue weighted by molar-refractivity contribution is 5.80. The lowest BCUT2D eigenvalue weighted by Crippen LogP contribution is -2.61. The van der Waals surface area contributed by atoms with E-state index < -0.39 is 6.43 Å². The molecule has 1 N–H and O–H groups in total. The fraction of sp³-hybridized carbons (Fsp3) is 0.684. The Morgan fingerprint density at radius 1 is 1.38 bits per heavy atom. The van der Waals surface area contributed by atoms with E-state index in [0.29, 0.717) is 12.3 Å². The third-order valence-corrected chi connectivity index (χ3v) is 5.72. The summed E-state index contributed by atoms with van der Waals surface area (Å²) < 4.78 is 30.9. The maximum Gasteiger partial charge on any atom is 0.265 e. The number of carbonyl (C=O) groups excluding carboxylic acids is 1. The fourth-order valence-electron chi connectivity index (χ4n) is 3.96. The summed E-state index contributed by atoms with van der Waals surface area (Å²) in [5, 5.41) is 9.28. The van der Waals surface area contributed by atoms with Gasteiger partial charge in [0, 0.05) is 36.3 Å². The standard InChI is InChI=1S/C19H26F2N2O3/c1-2-13(10-24)18(25)23-11-19(12-23)7-5-15(6-8-19)26-16-4-3-14(9-22-16)17(20)21/h3-4,9,13,15,17,24H,2,5-8,10-12H2,1H3/t13-/m1/s1. The quantitative estimate of drug-likeness (QED) is 0.838. The Morgan fingerprint density at radius 3 is 2.58 bits per heavy atom. The van der Waals surface area contributed by atoms with Gasteiger partial charge in [-0.25, -0.2) is 13.8 Å². The number of hydrogen-bond acceptors (Lipinski definition) is 4. The molecule has 5 nitrogen and oxygen atoms in total. The first-order valence-electron chi connectivity index (χ1n) is 9.27. The number of ether oxygens (including phenoxy) is 1. The molecule has 0 bridgehead atoms. The SMILES string of the molecule is CC[C@H](CO)C(=O)N1CC2(CCC(Oc3ccc(C(F)F)cn3)CC2)C1. The molecule has 1 amide bonds. The molecule has 1 atom stereocenters. The maximum absolute atomic E-state index is 12.5. The zero-order valence-electron chi connectivity index (χ0n) is 15.0.